The van der Waals surface area contributed by atoms with Crippen molar-refractivity contribution < 1.29 is 5.11 Å². The van der Waals surface area contributed by atoms with E-state index >= 15 is 0 Å². The van der Waals surface area contributed by atoms with Crippen molar-refractivity contribution in [3.63, 3.8) is 0 Å². The Morgan fingerprint density at radius 3 is 2.21 bits per heavy atom. The molecule has 0 saturated carbocycles. The molecule has 0 fully saturated rings. The summed E-state index contributed by atoms with van der Waals surface area (Å²) in [5, 5.41) is 9.73. The predicted molar refractivity (Wildman–Crippen MR) is 63.5 cm³/mol. The van der Waals surface area contributed by atoms with Crippen LogP contribution >= 0.6 is 0 Å². The third kappa shape index (κ3) is 7.37. The zero-order valence-electron chi connectivity index (χ0n) is 10.5. The molecule has 1 unspecified atom stereocenters. The van der Waals surface area contributed by atoms with Gasteiger partial charge in [0.1, 0.15) is 0 Å². The standard InChI is InChI=1S/C13H28O/c1-5-7-8-9-12(14)10-11-13(3,4)6-2/h12,14H,5-11H2,1-4H3. The predicted octanol–water partition coefficient (Wildman–Crippen LogP) is 4.14. The Kier molecular flexibility index (Phi) is 7.26. The van der Waals surface area contributed by atoms with Crippen molar-refractivity contribution in [1.82, 2.24) is 0 Å². The topological polar surface area (TPSA) is 20.2 Å². The first kappa shape index (κ1) is 14.0. The Balaban J connectivity index is 3.48. The molecule has 1 nitrogen and oxygen atoms in total. The van der Waals surface area contributed by atoms with Crippen LogP contribution in [0.2, 0.25) is 0 Å². The van der Waals surface area contributed by atoms with Crippen LogP contribution in [-0.2, 0) is 0 Å². The first-order chi connectivity index (χ1) is 6.52. The summed E-state index contributed by atoms with van der Waals surface area (Å²) in [6.07, 6.45) is 7.95. The average molecular weight is 200 g/mol. The Bertz CT molecular complexity index is 129. The number of aliphatic hydroxyl groups is 1. The van der Waals surface area contributed by atoms with Crippen LogP contribution in [0.1, 0.15) is 72.6 Å². The SMILES string of the molecule is CCCCCC(O)CCC(C)(C)CC. The quantitative estimate of drug-likeness (QED) is 0.584. The zero-order valence-corrected chi connectivity index (χ0v) is 10.5. The van der Waals surface area contributed by atoms with Crippen molar-refractivity contribution in [3.05, 3.63) is 0 Å². The minimum absolute atomic E-state index is 0.0626. The molecular weight excluding hydrogens is 172 g/mol. The summed E-state index contributed by atoms with van der Waals surface area (Å²) in [6.45, 7) is 8.99. The van der Waals surface area contributed by atoms with E-state index in [0.717, 1.165) is 19.3 Å². The van der Waals surface area contributed by atoms with Gasteiger partial charge in [-0.25, -0.2) is 0 Å². The molecule has 1 atom stereocenters. The first-order valence-corrected chi connectivity index (χ1v) is 6.20. The summed E-state index contributed by atoms with van der Waals surface area (Å²) in [7, 11) is 0. The molecule has 0 aliphatic carbocycles. The number of unbranched alkanes of at least 4 members (excludes halogenated alkanes) is 2. The van der Waals surface area contributed by atoms with E-state index in [-0.39, 0.29) is 6.10 Å². The van der Waals surface area contributed by atoms with Crippen LogP contribution in [-0.4, -0.2) is 11.2 Å². The molecular formula is C13H28O. The fourth-order valence-electron chi connectivity index (χ4n) is 1.51. The van der Waals surface area contributed by atoms with E-state index < -0.39 is 0 Å². The van der Waals surface area contributed by atoms with Crippen LogP contribution in [0.25, 0.3) is 0 Å². The summed E-state index contributed by atoms with van der Waals surface area (Å²) in [4.78, 5) is 0. The van der Waals surface area contributed by atoms with E-state index in [2.05, 4.69) is 27.7 Å². The number of aliphatic hydroxyl groups excluding tert-OH is 1. The maximum Gasteiger partial charge on any atom is 0.0540 e. The second-order valence-electron chi connectivity index (χ2n) is 5.21. The normalized spacial score (nSPS) is 14.4. The smallest absolute Gasteiger partial charge is 0.0540 e. The number of rotatable bonds is 8. The lowest BCUT2D eigenvalue weighted by Gasteiger charge is -2.23. The number of hydrogen-bond acceptors (Lipinski definition) is 1. The highest BCUT2D eigenvalue weighted by Crippen LogP contribution is 2.27. The molecule has 0 aliphatic heterocycles. The highest BCUT2D eigenvalue weighted by atomic mass is 16.3. The lowest BCUT2D eigenvalue weighted by Crippen LogP contribution is -2.15. The van der Waals surface area contributed by atoms with Gasteiger partial charge in [0.25, 0.3) is 0 Å². The summed E-state index contributed by atoms with van der Waals surface area (Å²) in [5.41, 5.74) is 0.408. The monoisotopic (exact) mass is 200 g/mol. The van der Waals surface area contributed by atoms with E-state index in [4.69, 9.17) is 0 Å². The molecule has 0 aromatic heterocycles. The highest BCUT2D eigenvalue weighted by molar-refractivity contribution is 4.68. The van der Waals surface area contributed by atoms with Gasteiger partial charge in [-0.05, 0) is 24.7 Å². The van der Waals surface area contributed by atoms with Crippen molar-refractivity contribution in [1.29, 1.82) is 0 Å². The van der Waals surface area contributed by atoms with Crippen LogP contribution in [0.5, 0.6) is 0 Å². The van der Waals surface area contributed by atoms with Gasteiger partial charge < -0.3 is 5.11 Å². The Morgan fingerprint density at radius 1 is 1.07 bits per heavy atom. The van der Waals surface area contributed by atoms with Crippen LogP contribution in [0, 0.1) is 5.41 Å². The molecule has 0 amide bonds. The minimum atomic E-state index is -0.0626. The molecule has 0 spiro atoms. The van der Waals surface area contributed by atoms with Crippen molar-refractivity contribution in [2.75, 3.05) is 0 Å². The molecule has 0 aromatic rings. The van der Waals surface area contributed by atoms with Gasteiger partial charge in [0.05, 0.1) is 6.10 Å². The Hall–Kier alpha value is -0.0400. The molecule has 0 saturated heterocycles. The maximum absolute atomic E-state index is 9.73. The second kappa shape index (κ2) is 7.28. The summed E-state index contributed by atoms with van der Waals surface area (Å²) in [5.74, 6) is 0. The molecule has 86 valence electrons. The van der Waals surface area contributed by atoms with E-state index in [1.54, 1.807) is 0 Å². The molecule has 1 heteroatoms. The summed E-state index contributed by atoms with van der Waals surface area (Å²) >= 11 is 0. The van der Waals surface area contributed by atoms with Gasteiger partial charge in [-0.15, -0.1) is 0 Å². The second-order valence-corrected chi connectivity index (χ2v) is 5.21. The third-order valence-electron chi connectivity index (χ3n) is 3.25. The van der Waals surface area contributed by atoms with Crippen molar-refractivity contribution in [3.8, 4) is 0 Å². The van der Waals surface area contributed by atoms with Gasteiger partial charge in [0.2, 0.25) is 0 Å². The van der Waals surface area contributed by atoms with Crippen LogP contribution in [0.15, 0.2) is 0 Å². The zero-order chi connectivity index (χ0) is 11.0. The molecule has 0 rings (SSSR count). The van der Waals surface area contributed by atoms with Crippen LogP contribution < -0.4 is 0 Å². The lowest BCUT2D eigenvalue weighted by atomic mass is 9.84. The van der Waals surface area contributed by atoms with Crippen LogP contribution in [0.4, 0.5) is 0 Å². The molecule has 0 radical (unpaired) electrons. The van der Waals surface area contributed by atoms with Gasteiger partial charge in [-0.2, -0.15) is 0 Å². The lowest BCUT2D eigenvalue weighted by molar-refractivity contribution is 0.129. The van der Waals surface area contributed by atoms with Gasteiger partial charge in [-0.1, -0.05) is 53.4 Å². The maximum atomic E-state index is 9.73. The van der Waals surface area contributed by atoms with Crippen molar-refractivity contribution in [2.24, 2.45) is 5.41 Å². The largest absolute Gasteiger partial charge is 0.393 e. The van der Waals surface area contributed by atoms with E-state index in [1.807, 2.05) is 0 Å². The van der Waals surface area contributed by atoms with Gasteiger partial charge in [-0.3, -0.25) is 0 Å². The number of hydrogen-bond donors (Lipinski definition) is 1. The van der Waals surface area contributed by atoms with Crippen molar-refractivity contribution in [2.45, 2.75) is 78.7 Å². The van der Waals surface area contributed by atoms with Gasteiger partial charge >= 0.3 is 0 Å². The van der Waals surface area contributed by atoms with E-state index in [0.29, 0.717) is 5.41 Å². The summed E-state index contributed by atoms with van der Waals surface area (Å²) in [6, 6.07) is 0. The van der Waals surface area contributed by atoms with Gasteiger partial charge in [0.15, 0.2) is 0 Å². The third-order valence-corrected chi connectivity index (χ3v) is 3.25. The highest BCUT2D eigenvalue weighted by Gasteiger charge is 2.16. The molecule has 0 aromatic carbocycles. The van der Waals surface area contributed by atoms with E-state index in [9.17, 15) is 5.11 Å². The molecule has 14 heavy (non-hydrogen) atoms. The minimum Gasteiger partial charge on any atom is -0.393 e. The molecule has 0 heterocycles. The molecule has 0 bridgehead atoms. The molecule has 1 N–H and O–H groups in total. The fraction of sp³-hybridized carbons (Fsp3) is 1.00. The molecule has 0 aliphatic rings. The Morgan fingerprint density at radius 2 is 1.71 bits per heavy atom. The average Bonchev–Trinajstić information content (AvgIpc) is 2.16. The first-order valence-electron chi connectivity index (χ1n) is 6.20. The Labute approximate surface area is 89.9 Å². The van der Waals surface area contributed by atoms with Crippen LogP contribution in [0.3, 0.4) is 0 Å². The van der Waals surface area contributed by atoms with Crippen molar-refractivity contribution >= 4 is 0 Å². The summed E-state index contributed by atoms with van der Waals surface area (Å²) < 4.78 is 0. The van der Waals surface area contributed by atoms with Gasteiger partial charge in [0, 0.05) is 0 Å². The van der Waals surface area contributed by atoms with E-state index in [1.165, 1.54) is 25.7 Å². The fourth-order valence-corrected chi connectivity index (χ4v) is 1.51.